The molecule has 0 N–H and O–H groups in total. The second-order valence-electron chi connectivity index (χ2n) is 20.6. The largest absolute Gasteiger partial charge is 0.756 e. The molecule has 0 fully saturated rings. The third kappa shape index (κ3) is 56.5. The number of phosphoric acid groups is 1. The molecule has 10 heteroatoms. The minimum absolute atomic E-state index is 0.0359. The molecule has 0 heterocycles. The number of unbranched alkanes of at least 4 members (excludes halogenated alkanes) is 25. The Morgan fingerprint density at radius 1 is 0.444 bits per heavy atom. The van der Waals surface area contributed by atoms with Crippen molar-refractivity contribution in [3.63, 3.8) is 0 Å². The van der Waals surface area contributed by atoms with Crippen LogP contribution in [-0.4, -0.2) is 70.0 Å². The molecule has 0 aromatic carbocycles. The lowest BCUT2D eigenvalue weighted by Gasteiger charge is -2.28. The normalized spacial score (nSPS) is 13.9. The van der Waals surface area contributed by atoms with Crippen molar-refractivity contribution in [1.29, 1.82) is 0 Å². The third-order valence-corrected chi connectivity index (χ3v) is 13.4. The molecule has 0 aromatic heterocycles. The smallest absolute Gasteiger partial charge is 0.306 e. The molecule has 0 aromatic rings. The van der Waals surface area contributed by atoms with Gasteiger partial charge in [-0.25, -0.2) is 0 Å². The average Bonchev–Trinajstić information content (AvgIpc) is 3.34. The van der Waals surface area contributed by atoms with Gasteiger partial charge in [-0.05, 0) is 89.9 Å². The number of nitrogens with zero attached hydrogens (tertiary/aromatic N) is 1. The summed E-state index contributed by atoms with van der Waals surface area (Å²) in [5, 5.41) is 0. The zero-order chi connectivity index (χ0) is 52.7. The van der Waals surface area contributed by atoms with Crippen LogP contribution in [0.2, 0.25) is 0 Å². The van der Waals surface area contributed by atoms with Crippen molar-refractivity contribution in [2.24, 2.45) is 0 Å². The molecule has 0 saturated carbocycles. The summed E-state index contributed by atoms with van der Waals surface area (Å²) >= 11 is 0. The number of carbonyl (C=O) groups is 2. The zero-order valence-corrected chi connectivity index (χ0v) is 48.0. The number of rotatable bonds is 53. The van der Waals surface area contributed by atoms with Crippen molar-refractivity contribution in [3.8, 4) is 0 Å². The van der Waals surface area contributed by atoms with E-state index in [9.17, 15) is 19.0 Å². The molecule has 0 spiro atoms. The van der Waals surface area contributed by atoms with E-state index in [1.165, 1.54) is 122 Å². The van der Waals surface area contributed by atoms with E-state index in [4.69, 9.17) is 18.5 Å². The lowest BCUT2D eigenvalue weighted by atomic mass is 10.0. The minimum Gasteiger partial charge on any atom is -0.756 e. The van der Waals surface area contributed by atoms with E-state index in [1.807, 2.05) is 21.1 Å². The van der Waals surface area contributed by atoms with Crippen LogP contribution in [0.4, 0.5) is 0 Å². The molecule has 0 saturated heterocycles. The van der Waals surface area contributed by atoms with Crippen molar-refractivity contribution in [1.82, 2.24) is 0 Å². The molecule has 0 bridgehead atoms. The van der Waals surface area contributed by atoms with Gasteiger partial charge in [0.15, 0.2) is 6.10 Å². The lowest BCUT2D eigenvalue weighted by Crippen LogP contribution is -2.37. The highest BCUT2D eigenvalue weighted by Gasteiger charge is 2.22. The van der Waals surface area contributed by atoms with Gasteiger partial charge in [-0.15, -0.1) is 0 Å². The van der Waals surface area contributed by atoms with E-state index < -0.39 is 32.5 Å². The molecular formula is C62H110NO8P. The molecule has 2 unspecified atom stereocenters. The Kier molecular flexibility index (Phi) is 51.0. The summed E-state index contributed by atoms with van der Waals surface area (Å²) in [6.45, 7) is 4.11. The Labute approximate surface area is 443 Å². The Balaban J connectivity index is 4.19. The summed E-state index contributed by atoms with van der Waals surface area (Å²) in [6, 6.07) is 0. The van der Waals surface area contributed by atoms with Crippen LogP contribution in [0.25, 0.3) is 0 Å². The van der Waals surface area contributed by atoms with Crippen LogP contribution in [0.3, 0.4) is 0 Å². The van der Waals surface area contributed by atoms with Gasteiger partial charge in [-0.3, -0.25) is 14.2 Å². The molecule has 2 atom stereocenters. The Hall–Kier alpha value is -2.81. The van der Waals surface area contributed by atoms with Crippen LogP contribution in [0.1, 0.15) is 245 Å². The number of likely N-dealkylation sites (N-methyl/N-ethyl adjacent to an activating group) is 1. The highest BCUT2D eigenvalue weighted by molar-refractivity contribution is 7.45. The molecule has 0 radical (unpaired) electrons. The first-order chi connectivity index (χ1) is 35.0. The van der Waals surface area contributed by atoms with Crippen LogP contribution in [-0.2, 0) is 32.7 Å². The van der Waals surface area contributed by atoms with Gasteiger partial charge in [0.2, 0.25) is 0 Å². The van der Waals surface area contributed by atoms with Crippen molar-refractivity contribution in [2.45, 2.75) is 251 Å². The van der Waals surface area contributed by atoms with Gasteiger partial charge in [-0.1, -0.05) is 227 Å². The average molecular weight is 1030 g/mol. The zero-order valence-electron chi connectivity index (χ0n) is 47.1. The predicted octanol–water partition coefficient (Wildman–Crippen LogP) is 17.6. The van der Waals surface area contributed by atoms with Crippen LogP contribution in [0.15, 0.2) is 85.1 Å². The van der Waals surface area contributed by atoms with Crippen molar-refractivity contribution >= 4 is 19.8 Å². The van der Waals surface area contributed by atoms with E-state index in [1.54, 1.807) is 0 Å². The third-order valence-electron chi connectivity index (χ3n) is 12.4. The maximum atomic E-state index is 12.8. The number of esters is 2. The highest BCUT2D eigenvalue weighted by atomic mass is 31.2. The quantitative estimate of drug-likeness (QED) is 0.0195. The summed E-state index contributed by atoms with van der Waals surface area (Å²) in [6.07, 6.45) is 70.5. The molecule has 0 aliphatic heterocycles. The molecular weight excluding hydrogens is 918 g/mol. The summed E-state index contributed by atoms with van der Waals surface area (Å²) in [7, 11) is 1.15. The first-order valence-electron chi connectivity index (χ1n) is 29.3. The lowest BCUT2D eigenvalue weighted by molar-refractivity contribution is -0.870. The molecule has 0 aliphatic rings. The van der Waals surface area contributed by atoms with Crippen molar-refractivity contribution in [3.05, 3.63) is 85.1 Å². The SMILES string of the molecule is CC/C=C\C/C=C\C/C=C\C/C=C\CCCCCCCCCCCCCCC(=O)OC(COC(=O)CCCCCCCCCC/C=C\C/C=C\C/C=C\CCCCCCC)COP(=O)([O-])OCC[N+](C)(C)C. The van der Waals surface area contributed by atoms with Crippen LogP contribution in [0, 0.1) is 0 Å². The molecule has 0 rings (SSSR count). The highest BCUT2D eigenvalue weighted by Crippen LogP contribution is 2.38. The fraction of sp³-hybridized carbons (Fsp3) is 0.742. The second kappa shape index (κ2) is 53.0. The van der Waals surface area contributed by atoms with Gasteiger partial charge in [0.05, 0.1) is 27.7 Å². The van der Waals surface area contributed by atoms with Gasteiger partial charge in [-0.2, -0.15) is 0 Å². The number of hydrogen-bond donors (Lipinski definition) is 0. The molecule has 9 nitrogen and oxygen atoms in total. The topological polar surface area (TPSA) is 111 Å². The van der Waals surface area contributed by atoms with Gasteiger partial charge < -0.3 is 27.9 Å². The molecule has 72 heavy (non-hydrogen) atoms. The maximum Gasteiger partial charge on any atom is 0.306 e. The van der Waals surface area contributed by atoms with E-state index >= 15 is 0 Å². The maximum absolute atomic E-state index is 12.8. The second-order valence-corrected chi connectivity index (χ2v) is 22.0. The summed E-state index contributed by atoms with van der Waals surface area (Å²) in [5.41, 5.74) is 0. The Bertz CT molecular complexity index is 1490. The molecule has 416 valence electrons. The Morgan fingerprint density at radius 2 is 0.792 bits per heavy atom. The van der Waals surface area contributed by atoms with E-state index in [0.29, 0.717) is 17.4 Å². The monoisotopic (exact) mass is 1030 g/mol. The van der Waals surface area contributed by atoms with Gasteiger partial charge >= 0.3 is 11.9 Å². The first-order valence-corrected chi connectivity index (χ1v) is 30.8. The van der Waals surface area contributed by atoms with E-state index in [0.717, 1.165) is 89.9 Å². The van der Waals surface area contributed by atoms with Crippen molar-refractivity contribution in [2.75, 3.05) is 47.5 Å². The number of carbonyl (C=O) groups excluding carboxylic acids is 2. The van der Waals surface area contributed by atoms with Crippen molar-refractivity contribution < 1.29 is 42.1 Å². The number of hydrogen-bond acceptors (Lipinski definition) is 8. The first kappa shape index (κ1) is 69.2. The summed E-state index contributed by atoms with van der Waals surface area (Å²) < 4.78 is 34.2. The summed E-state index contributed by atoms with van der Waals surface area (Å²) in [4.78, 5) is 37.9. The number of phosphoric ester groups is 1. The van der Waals surface area contributed by atoms with Gasteiger partial charge in [0, 0.05) is 12.8 Å². The molecule has 0 aliphatic carbocycles. The minimum atomic E-state index is -4.64. The Morgan fingerprint density at radius 3 is 1.18 bits per heavy atom. The van der Waals surface area contributed by atoms with Gasteiger partial charge in [0.25, 0.3) is 7.82 Å². The number of allylic oxidation sites excluding steroid dienone is 14. The van der Waals surface area contributed by atoms with E-state index in [-0.39, 0.29) is 26.1 Å². The van der Waals surface area contributed by atoms with Gasteiger partial charge in [0.1, 0.15) is 19.8 Å². The van der Waals surface area contributed by atoms with Crippen LogP contribution >= 0.6 is 7.82 Å². The van der Waals surface area contributed by atoms with Crippen LogP contribution in [0.5, 0.6) is 0 Å². The fourth-order valence-corrected chi connectivity index (χ4v) is 8.62. The van der Waals surface area contributed by atoms with Crippen LogP contribution < -0.4 is 4.89 Å². The fourth-order valence-electron chi connectivity index (χ4n) is 7.89. The standard InChI is InChI=1S/C62H110NO8P/c1-6-8-10-12-14-16-18-20-22-24-26-28-30-31-33-35-37-39-41-43-45-47-49-51-53-55-62(65)71-60(59-70-72(66,67)69-57-56-63(3,4)5)58-68-61(64)54-52-50-48-46-44-42-40-38-36-34-32-29-27-25-23-21-19-17-15-13-11-9-7-2/h8,10,14,16,19-22,25-28,32,34,60H,6-7,9,11-13,15,17-18,23-24,29-31,33,35-59H2,1-5H3/b10-8-,16-14-,21-19-,22-20-,27-25-,28-26-,34-32-. The number of quaternary nitrogens is 1. The molecule has 0 amide bonds. The number of ether oxygens (including phenoxy) is 2. The van der Waals surface area contributed by atoms with E-state index in [2.05, 4.69) is 98.9 Å². The summed E-state index contributed by atoms with van der Waals surface area (Å²) in [5.74, 6) is -0.843. The predicted molar refractivity (Wildman–Crippen MR) is 305 cm³/mol.